The Balaban J connectivity index is 0.00000312. The second-order valence-corrected chi connectivity index (χ2v) is 6.86. The highest BCUT2D eigenvalue weighted by molar-refractivity contribution is 6.30. The maximum Gasteiger partial charge on any atom is 0.304 e. The van der Waals surface area contributed by atoms with Crippen molar-refractivity contribution in [1.82, 2.24) is 15.2 Å². The number of nitrogens with one attached hydrogen (secondary N) is 2. The number of amides is 1. The summed E-state index contributed by atoms with van der Waals surface area (Å²) in [6.45, 7) is 6.00. The zero-order chi connectivity index (χ0) is 17.9. The van der Waals surface area contributed by atoms with E-state index in [0.717, 1.165) is 6.54 Å². The van der Waals surface area contributed by atoms with Gasteiger partial charge < -0.3 is 20.3 Å². The number of rotatable bonds is 6. The van der Waals surface area contributed by atoms with Gasteiger partial charge in [0.25, 0.3) is 11.5 Å². The van der Waals surface area contributed by atoms with Crippen LogP contribution in [0.15, 0.2) is 17.1 Å². The molecule has 0 radical (unpaired) electrons. The lowest BCUT2D eigenvalue weighted by atomic mass is 9.91. The highest BCUT2D eigenvalue weighted by Gasteiger charge is 2.35. The van der Waals surface area contributed by atoms with Gasteiger partial charge in [-0.25, -0.2) is 0 Å². The molecule has 1 aliphatic rings. The molecule has 3 N–H and O–H groups in total. The summed E-state index contributed by atoms with van der Waals surface area (Å²) in [5, 5.41) is 11.8. The third kappa shape index (κ3) is 5.73. The molecule has 0 bridgehead atoms. The number of halogens is 2. The van der Waals surface area contributed by atoms with Crippen LogP contribution in [0.1, 0.15) is 30.6 Å². The summed E-state index contributed by atoms with van der Waals surface area (Å²) >= 11 is 5.76. The lowest BCUT2D eigenvalue weighted by molar-refractivity contribution is -0.137. The normalized spacial score (nSPS) is 20.3. The molecule has 0 saturated carbocycles. The number of nitrogens with zero attached hydrogens (tertiary/aromatic N) is 1. The fourth-order valence-corrected chi connectivity index (χ4v) is 3.19. The van der Waals surface area contributed by atoms with E-state index in [2.05, 4.69) is 29.0 Å². The van der Waals surface area contributed by atoms with E-state index in [1.165, 1.54) is 12.3 Å². The van der Waals surface area contributed by atoms with E-state index in [0.29, 0.717) is 24.6 Å². The van der Waals surface area contributed by atoms with E-state index in [4.69, 9.17) is 16.7 Å². The van der Waals surface area contributed by atoms with Crippen LogP contribution in [-0.4, -0.2) is 52.5 Å². The molecule has 0 aliphatic carbocycles. The summed E-state index contributed by atoms with van der Waals surface area (Å²) in [5.41, 5.74) is -0.139. The quantitative estimate of drug-likeness (QED) is 0.683. The van der Waals surface area contributed by atoms with Crippen LogP contribution in [0.3, 0.4) is 0 Å². The molecular weight excluding hydrogens is 369 g/mol. The first-order valence-electron chi connectivity index (χ1n) is 7.91. The van der Waals surface area contributed by atoms with Gasteiger partial charge in [0, 0.05) is 31.9 Å². The van der Waals surface area contributed by atoms with Crippen LogP contribution in [0.25, 0.3) is 0 Å². The van der Waals surface area contributed by atoms with Gasteiger partial charge in [0.1, 0.15) is 5.02 Å². The van der Waals surface area contributed by atoms with E-state index in [1.54, 1.807) is 0 Å². The molecule has 0 spiro atoms. The topological polar surface area (TPSA) is 102 Å². The molecule has 140 valence electrons. The SMILES string of the molecule is CC(C)[C@H]1CN(CCC(=O)O)C[C@@H]1NC(=O)c1c[nH]c(=O)c(Cl)c1.Cl. The van der Waals surface area contributed by atoms with E-state index in [-0.39, 0.29) is 41.7 Å². The van der Waals surface area contributed by atoms with E-state index in [1.807, 2.05) is 0 Å². The first-order valence-corrected chi connectivity index (χ1v) is 8.29. The third-order valence-electron chi connectivity index (χ3n) is 4.38. The lowest BCUT2D eigenvalue weighted by Gasteiger charge is -2.23. The largest absolute Gasteiger partial charge is 0.481 e. The molecule has 0 unspecified atom stereocenters. The second kappa shape index (κ2) is 9.22. The standard InChI is InChI=1S/C16H22ClN3O4.ClH/c1-9(2)11-7-20(4-3-14(21)22)8-13(11)19-15(23)10-5-12(17)16(24)18-6-10;/h5-6,9,11,13H,3-4,7-8H2,1-2H3,(H,18,24)(H,19,23)(H,21,22);1H/t11-,13+;/m1./s1. The Bertz CT molecular complexity index is 678. The first kappa shape index (κ1) is 21.5. The molecule has 7 nitrogen and oxygen atoms in total. The predicted octanol–water partition coefficient (Wildman–Crippen LogP) is 1.61. The Labute approximate surface area is 157 Å². The highest BCUT2D eigenvalue weighted by atomic mass is 35.5. The molecule has 9 heteroatoms. The average molecular weight is 392 g/mol. The summed E-state index contributed by atoms with van der Waals surface area (Å²) in [6.07, 6.45) is 1.42. The van der Waals surface area contributed by atoms with Gasteiger partial charge in [-0.3, -0.25) is 14.4 Å². The summed E-state index contributed by atoms with van der Waals surface area (Å²) in [6, 6.07) is 1.27. The maximum absolute atomic E-state index is 12.4. The average Bonchev–Trinajstić information content (AvgIpc) is 2.91. The van der Waals surface area contributed by atoms with Crippen molar-refractivity contribution in [2.75, 3.05) is 19.6 Å². The molecule has 2 rings (SSSR count). The number of carbonyl (C=O) groups excluding carboxylic acids is 1. The van der Waals surface area contributed by atoms with E-state index in [9.17, 15) is 14.4 Å². The van der Waals surface area contributed by atoms with Gasteiger partial charge in [-0.2, -0.15) is 0 Å². The molecule has 1 aromatic rings. The molecule has 1 amide bonds. The first-order chi connectivity index (χ1) is 11.3. The van der Waals surface area contributed by atoms with Crippen LogP contribution in [-0.2, 0) is 4.79 Å². The number of hydrogen-bond donors (Lipinski definition) is 3. The molecule has 1 aliphatic heterocycles. The van der Waals surface area contributed by atoms with Gasteiger partial charge >= 0.3 is 5.97 Å². The zero-order valence-electron chi connectivity index (χ0n) is 14.1. The number of carboxylic acids is 1. The summed E-state index contributed by atoms with van der Waals surface area (Å²) < 4.78 is 0. The zero-order valence-corrected chi connectivity index (χ0v) is 15.7. The number of aromatic amines is 1. The van der Waals surface area contributed by atoms with Crippen molar-refractivity contribution < 1.29 is 14.7 Å². The Hall–Kier alpha value is -1.57. The number of aliphatic carboxylic acids is 1. The number of H-pyrrole nitrogens is 1. The van der Waals surface area contributed by atoms with Crippen molar-refractivity contribution in [2.24, 2.45) is 11.8 Å². The Kier molecular flexibility index (Phi) is 7.92. The van der Waals surface area contributed by atoms with E-state index < -0.39 is 11.5 Å². The molecule has 1 saturated heterocycles. The van der Waals surface area contributed by atoms with Crippen molar-refractivity contribution >= 4 is 35.9 Å². The Morgan fingerprint density at radius 2 is 2.12 bits per heavy atom. The molecule has 0 aromatic carbocycles. The van der Waals surface area contributed by atoms with Crippen molar-refractivity contribution in [3.63, 3.8) is 0 Å². The van der Waals surface area contributed by atoms with Crippen LogP contribution < -0.4 is 10.9 Å². The Morgan fingerprint density at radius 1 is 1.44 bits per heavy atom. The minimum absolute atomic E-state index is 0. The highest BCUT2D eigenvalue weighted by Crippen LogP contribution is 2.25. The van der Waals surface area contributed by atoms with Crippen molar-refractivity contribution in [3.05, 3.63) is 33.2 Å². The molecule has 25 heavy (non-hydrogen) atoms. The Morgan fingerprint density at radius 3 is 2.68 bits per heavy atom. The number of pyridine rings is 1. The van der Waals surface area contributed by atoms with Crippen LogP contribution in [0.4, 0.5) is 0 Å². The smallest absolute Gasteiger partial charge is 0.304 e. The summed E-state index contributed by atoms with van der Waals surface area (Å²) in [4.78, 5) is 38.9. The maximum atomic E-state index is 12.4. The predicted molar refractivity (Wildman–Crippen MR) is 97.6 cm³/mol. The number of likely N-dealkylation sites (tertiary alicyclic amines) is 1. The van der Waals surface area contributed by atoms with Crippen LogP contribution in [0, 0.1) is 11.8 Å². The van der Waals surface area contributed by atoms with Gasteiger partial charge in [-0.1, -0.05) is 25.4 Å². The fourth-order valence-electron chi connectivity index (χ4n) is 3.02. The minimum Gasteiger partial charge on any atom is -0.481 e. The number of hydrogen-bond acceptors (Lipinski definition) is 4. The van der Waals surface area contributed by atoms with Gasteiger partial charge in [0.05, 0.1) is 12.0 Å². The number of aromatic nitrogens is 1. The van der Waals surface area contributed by atoms with Gasteiger partial charge in [-0.15, -0.1) is 12.4 Å². The van der Waals surface area contributed by atoms with E-state index >= 15 is 0 Å². The van der Waals surface area contributed by atoms with Crippen molar-refractivity contribution in [2.45, 2.75) is 26.3 Å². The van der Waals surface area contributed by atoms with Gasteiger partial charge in [0.2, 0.25) is 0 Å². The second-order valence-electron chi connectivity index (χ2n) is 6.46. The monoisotopic (exact) mass is 391 g/mol. The number of carboxylic acid groups (broad SMARTS) is 1. The van der Waals surface area contributed by atoms with Crippen LogP contribution in [0.5, 0.6) is 0 Å². The minimum atomic E-state index is -0.827. The van der Waals surface area contributed by atoms with Crippen LogP contribution in [0.2, 0.25) is 5.02 Å². The summed E-state index contributed by atoms with van der Waals surface area (Å²) in [7, 11) is 0. The van der Waals surface area contributed by atoms with Gasteiger partial charge in [-0.05, 0) is 17.9 Å². The number of carbonyl (C=O) groups is 2. The van der Waals surface area contributed by atoms with Crippen LogP contribution >= 0.6 is 24.0 Å². The summed E-state index contributed by atoms with van der Waals surface area (Å²) in [5.74, 6) is -0.541. The van der Waals surface area contributed by atoms with Crippen molar-refractivity contribution in [1.29, 1.82) is 0 Å². The molecule has 1 aromatic heterocycles. The third-order valence-corrected chi connectivity index (χ3v) is 4.66. The molecule has 2 heterocycles. The molecule has 2 atom stereocenters. The molecule has 1 fully saturated rings. The van der Waals surface area contributed by atoms with Crippen molar-refractivity contribution in [3.8, 4) is 0 Å². The van der Waals surface area contributed by atoms with Gasteiger partial charge in [0.15, 0.2) is 0 Å². The fraction of sp³-hybridized carbons (Fsp3) is 0.562. The lowest BCUT2D eigenvalue weighted by Crippen LogP contribution is -2.42. The molecular formula is C16H23Cl2N3O4.